The third-order valence-corrected chi connectivity index (χ3v) is 5.13. The van der Waals surface area contributed by atoms with Crippen LogP contribution in [0.3, 0.4) is 0 Å². The molecule has 112 valence electrons. The van der Waals surface area contributed by atoms with Crippen molar-refractivity contribution in [2.24, 2.45) is 5.73 Å². The number of benzene rings is 1. The van der Waals surface area contributed by atoms with Gasteiger partial charge in [-0.25, -0.2) is 0 Å². The molecule has 0 amide bonds. The summed E-state index contributed by atoms with van der Waals surface area (Å²) in [5.41, 5.74) is 7.39. The summed E-state index contributed by atoms with van der Waals surface area (Å²) in [6.07, 6.45) is 4.67. The molecule has 1 saturated heterocycles. The highest BCUT2D eigenvalue weighted by Gasteiger charge is 2.26. The summed E-state index contributed by atoms with van der Waals surface area (Å²) in [5.74, 6) is 0. The molecule has 1 aromatic rings. The molecule has 2 N–H and O–H groups in total. The number of likely N-dealkylation sites (N-methyl/N-ethyl adjacent to an activating group) is 2. The molecule has 4 heteroatoms. The van der Waals surface area contributed by atoms with Crippen LogP contribution in [0, 0.1) is 0 Å². The molecule has 0 bridgehead atoms. The van der Waals surface area contributed by atoms with Crippen LogP contribution in [-0.4, -0.2) is 55.8 Å². The van der Waals surface area contributed by atoms with Gasteiger partial charge in [-0.1, -0.05) is 12.1 Å². The second-order valence-electron chi connectivity index (χ2n) is 5.75. The minimum Gasteiger partial charge on any atom is -0.329 e. The number of rotatable bonds is 5. The second-order valence-corrected chi connectivity index (χ2v) is 6.63. The van der Waals surface area contributed by atoms with E-state index in [4.69, 9.17) is 5.73 Å². The summed E-state index contributed by atoms with van der Waals surface area (Å²) in [5, 5.41) is 0. The van der Waals surface area contributed by atoms with Crippen LogP contribution in [0.4, 0.5) is 0 Å². The lowest BCUT2D eigenvalue weighted by atomic mass is 9.99. The lowest BCUT2D eigenvalue weighted by Crippen LogP contribution is -2.47. The van der Waals surface area contributed by atoms with Crippen molar-refractivity contribution in [2.45, 2.75) is 29.8 Å². The Bertz CT molecular complexity index is 407. The molecule has 0 saturated carbocycles. The van der Waals surface area contributed by atoms with Crippen LogP contribution < -0.4 is 5.73 Å². The largest absolute Gasteiger partial charge is 0.329 e. The van der Waals surface area contributed by atoms with E-state index in [0.29, 0.717) is 18.6 Å². The van der Waals surface area contributed by atoms with Gasteiger partial charge in [0.2, 0.25) is 0 Å². The van der Waals surface area contributed by atoms with Gasteiger partial charge in [-0.2, -0.15) is 0 Å². The smallest absolute Gasteiger partial charge is 0.0470 e. The Morgan fingerprint density at radius 3 is 2.65 bits per heavy atom. The first-order valence-electron chi connectivity index (χ1n) is 7.40. The van der Waals surface area contributed by atoms with Crippen LogP contribution in [0.2, 0.25) is 0 Å². The Labute approximate surface area is 127 Å². The van der Waals surface area contributed by atoms with Crippen molar-refractivity contribution < 1.29 is 0 Å². The molecule has 0 radical (unpaired) electrons. The molecule has 2 rings (SSSR count). The van der Waals surface area contributed by atoms with E-state index in [9.17, 15) is 0 Å². The minimum atomic E-state index is 0.322. The van der Waals surface area contributed by atoms with Gasteiger partial charge in [-0.3, -0.25) is 4.90 Å². The van der Waals surface area contributed by atoms with Gasteiger partial charge >= 0.3 is 0 Å². The van der Waals surface area contributed by atoms with E-state index in [2.05, 4.69) is 54.4 Å². The molecular weight excluding hydrogens is 266 g/mol. The number of likely N-dealkylation sites (tertiary alicyclic amines) is 1. The predicted octanol–water partition coefficient (Wildman–Crippen LogP) is 2.43. The maximum atomic E-state index is 6.06. The number of piperidine rings is 1. The average Bonchev–Trinajstić information content (AvgIpc) is 2.48. The lowest BCUT2D eigenvalue weighted by Gasteiger charge is -2.40. The molecule has 1 aliphatic heterocycles. The van der Waals surface area contributed by atoms with Crippen LogP contribution in [0.15, 0.2) is 29.2 Å². The quantitative estimate of drug-likeness (QED) is 0.845. The molecule has 20 heavy (non-hydrogen) atoms. The fourth-order valence-electron chi connectivity index (χ4n) is 3.09. The first kappa shape index (κ1) is 15.8. The van der Waals surface area contributed by atoms with Crippen LogP contribution in [0.1, 0.15) is 24.4 Å². The van der Waals surface area contributed by atoms with Crippen molar-refractivity contribution in [3.63, 3.8) is 0 Å². The number of hydrogen-bond acceptors (Lipinski definition) is 4. The molecule has 1 heterocycles. The Hall–Kier alpha value is -0.550. The molecule has 3 nitrogen and oxygen atoms in total. The van der Waals surface area contributed by atoms with E-state index >= 15 is 0 Å². The standard InChI is InChI=1S/C16H27N3S/c1-18-10-4-5-14(12-18)19(2)16(11-17)13-6-8-15(20-3)9-7-13/h6-9,14,16H,4-5,10-12,17H2,1-3H3. The molecule has 2 unspecified atom stereocenters. The monoisotopic (exact) mass is 293 g/mol. The van der Waals surface area contributed by atoms with Gasteiger partial charge in [-0.15, -0.1) is 11.8 Å². The van der Waals surface area contributed by atoms with E-state index in [1.54, 1.807) is 11.8 Å². The maximum absolute atomic E-state index is 6.06. The highest BCUT2D eigenvalue weighted by Crippen LogP contribution is 2.26. The molecular formula is C16H27N3S. The number of nitrogens with two attached hydrogens (primary N) is 1. The molecule has 2 atom stereocenters. The van der Waals surface area contributed by atoms with Gasteiger partial charge in [0.15, 0.2) is 0 Å². The van der Waals surface area contributed by atoms with Gasteiger partial charge in [-0.05, 0) is 57.4 Å². The van der Waals surface area contributed by atoms with E-state index in [0.717, 1.165) is 6.54 Å². The Morgan fingerprint density at radius 2 is 2.10 bits per heavy atom. The molecule has 1 aromatic carbocycles. The van der Waals surface area contributed by atoms with E-state index in [-0.39, 0.29) is 0 Å². The topological polar surface area (TPSA) is 32.5 Å². The van der Waals surface area contributed by atoms with Crippen molar-refractivity contribution in [3.05, 3.63) is 29.8 Å². The summed E-state index contributed by atoms with van der Waals surface area (Å²) in [6, 6.07) is 9.79. The normalized spacial score (nSPS) is 22.1. The van der Waals surface area contributed by atoms with Gasteiger partial charge in [0.1, 0.15) is 0 Å². The van der Waals surface area contributed by atoms with E-state index in [1.165, 1.54) is 29.8 Å². The number of nitrogens with zero attached hydrogens (tertiary/aromatic N) is 2. The highest BCUT2D eigenvalue weighted by molar-refractivity contribution is 7.98. The van der Waals surface area contributed by atoms with Crippen LogP contribution in [0.5, 0.6) is 0 Å². The molecule has 0 aromatic heterocycles. The van der Waals surface area contributed by atoms with Gasteiger partial charge in [0.05, 0.1) is 0 Å². The van der Waals surface area contributed by atoms with Crippen molar-refractivity contribution in [1.82, 2.24) is 9.80 Å². The molecule has 0 spiro atoms. The first-order chi connectivity index (χ1) is 9.65. The van der Waals surface area contributed by atoms with Crippen molar-refractivity contribution >= 4 is 11.8 Å². The molecule has 1 fully saturated rings. The van der Waals surface area contributed by atoms with Crippen molar-refractivity contribution in [3.8, 4) is 0 Å². The molecule has 0 aliphatic carbocycles. The van der Waals surface area contributed by atoms with Crippen LogP contribution >= 0.6 is 11.8 Å². The second kappa shape index (κ2) is 7.46. The molecule has 1 aliphatic rings. The average molecular weight is 293 g/mol. The Morgan fingerprint density at radius 1 is 1.40 bits per heavy atom. The summed E-state index contributed by atoms with van der Waals surface area (Å²) >= 11 is 1.78. The Kier molecular flexibility index (Phi) is 5.90. The van der Waals surface area contributed by atoms with Gasteiger partial charge < -0.3 is 10.6 Å². The maximum Gasteiger partial charge on any atom is 0.0470 e. The summed E-state index contributed by atoms with van der Waals surface area (Å²) in [7, 11) is 4.44. The van der Waals surface area contributed by atoms with Crippen LogP contribution in [-0.2, 0) is 0 Å². The predicted molar refractivity (Wildman–Crippen MR) is 88.3 cm³/mol. The van der Waals surface area contributed by atoms with Crippen molar-refractivity contribution in [1.29, 1.82) is 0 Å². The zero-order valence-corrected chi connectivity index (χ0v) is 13.7. The summed E-state index contributed by atoms with van der Waals surface area (Å²) in [6.45, 7) is 3.05. The number of thioether (sulfide) groups is 1. The minimum absolute atomic E-state index is 0.322. The Balaban J connectivity index is 2.09. The van der Waals surface area contributed by atoms with Crippen molar-refractivity contribution in [2.75, 3.05) is 40.0 Å². The van der Waals surface area contributed by atoms with E-state index < -0.39 is 0 Å². The summed E-state index contributed by atoms with van der Waals surface area (Å²) in [4.78, 5) is 6.21. The zero-order valence-electron chi connectivity index (χ0n) is 12.9. The fraction of sp³-hybridized carbons (Fsp3) is 0.625. The zero-order chi connectivity index (χ0) is 14.5. The van der Waals surface area contributed by atoms with Gasteiger partial charge in [0, 0.05) is 30.1 Å². The third kappa shape index (κ3) is 3.76. The first-order valence-corrected chi connectivity index (χ1v) is 8.62. The highest BCUT2D eigenvalue weighted by atomic mass is 32.2. The van der Waals surface area contributed by atoms with E-state index in [1.807, 2.05) is 0 Å². The summed E-state index contributed by atoms with van der Waals surface area (Å²) < 4.78 is 0. The van der Waals surface area contributed by atoms with Gasteiger partial charge in [0.25, 0.3) is 0 Å². The third-order valence-electron chi connectivity index (χ3n) is 4.39. The number of hydrogen-bond donors (Lipinski definition) is 1. The SMILES string of the molecule is CSc1ccc(C(CN)N(C)C2CCCN(C)C2)cc1. The van der Waals surface area contributed by atoms with Crippen LogP contribution in [0.25, 0.3) is 0 Å². The fourth-order valence-corrected chi connectivity index (χ4v) is 3.50. The lowest BCUT2D eigenvalue weighted by molar-refractivity contribution is 0.101.